The van der Waals surface area contributed by atoms with Gasteiger partial charge in [-0.15, -0.1) is 6.42 Å². The van der Waals surface area contributed by atoms with Gasteiger partial charge in [0.05, 0.1) is 12.7 Å². The summed E-state index contributed by atoms with van der Waals surface area (Å²) in [5.74, 6) is 2.39. The molecule has 0 radical (unpaired) electrons. The average molecular weight is 142 g/mol. The summed E-state index contributed by atoms with van der Waals surface area (Å²) in [6.07, 6.45) is 5.18. The normalized spacial score (nSPS) is 16.4. The van der Waals surface area contributed by atoms with E-state index in [1.807, 2.05) is 13.8 Å². The monoisotopic (exact) mass is 142 g/mol. The molecule has 0 aromatic carbocycles. The van der Waals surface area contributed by atoms with Crippen LogP contribution in [0, 0.1) is 12.3 Å². The van der Waals surface area contributed by atoms with Crippen molar-refractivity contribution in [2.45, 2.75) is 32.5 Å². The number of hydrogen-bond donors (Lipinski definition) is 1. The summed E-state index contributed by atoms with van der Waals surface area (Å²) in [6, 6.07) is 0. The molecule has 0 aliphatic rings. The Morgan fingerprint density at radius 2 is 2.20 bits per heavy atom. The molecule has 0 bridgehead atoms. The van der Waals surface area contributed by atoms with Gasteiger partial charge in [0.2, 0.25) is 0 Å². The van der Waals surface area contributed by atoms with E-state index in [-0.39, 0.29) is 12.7 Å². The third-order valence-electron chi connectivity index (χ3n) is 1.10. The molecule has 0 fully saturated rings. The SMILES string of the molecule is C#CC(C)(CO)OC(C)C. The van der Waals surface area contributed by atoms with Gasteiger partial charge in [0, 0.05) is 0 Å². The maximum Gasteiger partial charge on any atom is 0.148 e. The highest BCUT2D eigenvalue weighted by molar-refractivity contribution is 5.05. The first-order chi connectivity index (χ1) is 4.54. The van der Waals surface area contributed by atoms with Crippen LogP contribution in [0.4, 0.5) is 0 Å². The van der Waals surface area contributed by atoms with E-state index in [9.17, 15) is 0 Å². The second-order valence-electron chi connectivity index (χ2n) is 2.70. The lowest BCUT2D eigenvalue weighted by molar-refractivity contribution is -0.0583. The smallest absolute Gasteiger partial charge is 0.148 e. The molecule has 0 aliphatic carbocycles. The summed E-state index contributed by atoms with van der Waals surface area (Å²) in [5.41, 5.74) is -0.811. The van der Waals surface area contributed by atoms with Crippen LogP contribution in [0.25, 0.3) is 0 Å². The molecule has 0 rings (SSSR count). The summed E-state index contributed by atoms with van der Waals surface area (Å²) < 4.78 is 5.25. The van der Waals surface area contributed by atoms with Crippen LogP contribution in [0.2, 0.25) is 0 Å². The van der Waals surface area contributed by atoms with Gasteiger partial charge in [-0.2, -0.15) is 0 Å². The molecule has 0 aromatic heterocycles. The molecule has 58 valence electrons. The topological polar surface area (TPSA) is 29.5 Å². The molecule has 0 aromatic rings. The lowest BCUT2D eigenvalue weighted by Crippen LogP contribution is -2.33. The highest BCUT2D eigenvalue weighted by Gasteiger charge is 2.21. The molecule has 2 nitrogen and oxygen atoms in total. The van der Waals surface area contributed by atoms with Gasteiger partial charge >= 0.3 is 0 Å². The molecule has 0 aliphatic heterocycles. The zero-order chi connectivity index (χ0) is 8.20. The Morgan fingerprint density at radius 3 is 2.30 bits per heavy atom. The lowest BCUT2D eigenvalue weighted by atomic mass is 10.1. The van der Waals surface area contributed by atoms with Gasteiger partial charge in [-0.25, -0.2) is 0 Å². The van der Waals surface area contributed by atoms with Gasteiger partial charge in [-0.1, -0.05) is 5.92 Å². The summed E-state index contributed by atoms with van der Waals surface area (Å²) in [4.78, 5) is 0. The van der Waals surface area contributed by atoms with Crippen LogP contribution in [-0.4, -0.2) is 23.4 Å². The molecule has 1 unspecified atom stereocenters. The molecule has 0 saturated heterocycles. The molecule has 1 atom stereocenters. The quantitative estimate of drug-likeness (QED) is 0.590. The highest BCUT2D eigenvalue weighted by Crippen LogP contribution is 2.10. The van der Waals surface area contributed by atoms with Gasteiger partial charge in [0.1, 0.15) is 5.60 Å². The summed E-state index contributed by atoms with van der Waals surface area (Å²) in [7, 11) is 0. The van der Waals surface area contributed by atoms with Crippen molar-refractivity contribution >= 4 is 0 Å². The summed E-state index contributed by atoms with van der Waals surface area (Å²) in [5, 5.41) is 8.77. The van der Waals surface area contributed by atoms with Crippen LogP contribution in [0.3, 0.4) is 0 Å². The minimum Gasteiger partial charge on any atom is -0.392 e. The van der Waals surface area contributed by atoms with Crippen molar-refractivity contribution in [2.24, 2.45) is 0 Å². The van der Waals surface area contributed by atoms with Gasteiger partial charge < -0.3 is 9.84 Å². The van der Waals surface area contributed by atoms with Crippen molar-refractivity contribution in [2.75, 3.05) is 6.61 Å². The van der Waals surface area contributed by atoms with Gasteiger partial charge in [-0.05, 0) is 20.8 Å². The fraction of sp³-hybridized carbons (Fsp3) is 0.750. The number of aliphatic hydroxyl groups excluding tert-OH is 1. The van der Waals surface area contributed by atoms with Gasteiger partial charge in [-0.3, -0.25) is 0 Å². The number of hydrogen-bond acceptors (Lipinski definition) is 2. The van der Waals surface area contributed by atoms with E-state index in [4.69, 9.17) is 16.3 Å². The van der Waals surface area contributed by atoms with E-state index >= 15 is 0 Å². The molecule has 0 saturated carbocycles. The third-order valence-corrected chi connectivity index (χ3v) is 1.10. The molecule has 2 heteroatoms. The van der Waals surface area contributed by atoms with E-state index < -0.39 is 5.60 Å². The molecule has 10 heavy (non-hydrogen) atoms. The zero-order valence-electron chi connectivity index (χ0n) is 6.72. The first-order valence-electron chi connectivity index (χ1n) is 3.30. The van der Waals surface area contributed by atoms with Crippen LogP contribution >= 0.6 is 0 Å². The van der Waals surface area contributed by atoms with Crippen molar-refractivity contribution in [1.29, 1.82) is 0 Å². The molecule has 1 N–H and O–H groups in total. The second kappa shape index (κ2) is 3.60. The molecule has 0 heterocycles. The van der Waals surface area contributed by atoms with E-state index in [0.29, 0.717) is 0 Å². The number of rotatable bonds is 3. The maximum absolute atomic E-state index is 8.77. The minimum atomic E-state index is -0.811. The highest BCUT2D eigenvalue weighted by atomic mass is 16.5. The zero-order valence-corrected chi connectivity index (χ0v) is 6.72. The number of ether oxygens (including phenoxy) is 1. The van der Waals surface area contributed by atoms with E-state index in [1.165, 1.54) is 0 Å². The van der Waals surface area contributed by atoms with Gasteiger partial charge in [0.25, 0.3) is 0 Å². The van der Waals surface area contributed by atoms with Crippen LogP contribution < -0.4 is 0 Å². The van der Waals surface area contributed by atoms with Crippen LogP contribution in [0.15, 0.2) is 0 Å². The van der Waals surface area contributed by atoms with Crippen LogP contribution in [0.5, 0.6) is 0 Å². The summed E-state index contributed by atoms with van der Waals surface area (Å²) >= 11 is 0. The Morgan fingerprint density at radius 1 is 1.70 bits per heavy atom. The van der Waals surface area contributed by atoms with Crippen molar-refractivity contribution in [3.8, 4) is 12.3 Å². The standard InChI is InChI=1S/C8H14O2/c1-5-8(4,6-9)10-7(2)3/h1,7,9H,6H2,2-4H3. The average Bonchev–Trinajstić information content (AvgIpc) is 1.87. The molecular weight excluding hydrogens is 128 g/mol. The second-order valence-corrected chi connectivity index (χ2v) is 2.70. The van der Waals surface area contributed by atoms with Gasteiger partial charge in [0.15, 0.2) is 0 Å². The minimum absolute atomic E-state index is 0.0493. The Bertz CT molecular complexity index is 135. The predicted molar refractivity (Wildman–Crippen MR) is 40.5 cm³/mol. The first kappa shape index (κ1) is 9.48. The molecular formula is C8H14O2. The van der Waals surface area contributed by atoms with Crippen molar-refractivity contribution < 1.29 is 9.84 Å². The number of aliphatic hydroxyl groups is 1. The Kier molecular flexibility index (Phi) is 3.41. The lowest BCUT2D eigenvalue weighted by Gasteiger charge is -2.23. The molecule has 0 amide bonds. The van der Waals surface area contributed by atoms with E-state index in [0.717, 1.165) is 0 Å². The van der Waals surface area contributed by atoms with Crippen molar-refractivity contribution in [3.05, 3.63) is 0 Å². The van der Waals surface area contributed by atoms with Crippen molar-refractivity contribution in [3.63, 3.8) is 0 Å². The largest absolute Gasteiger partial charge is 0.392 e. The summed E-state index contributed by atoms with van der Waals surface area (Å²) in [6.45, 7) is 5.31. The fourth-order valence-electron chi connectivity index (χ4n) is 0.637. The Labute approximate surface area is 62.2 Å². The fourth-order valence-corrected chi connectivity index (χ4v) is 0.637. The van der Waals surface area contributed by atoms with E-state index in [1.54, 1.807) is 6.92 Å². The Hall–Kier alpha value is -0.520. The number of terminal acetylenes is 1. The van der Waals surface area contributed by atoms with Crippen molar-refractivity contribution in [1.82, 2.24) is 0 Å². The Balaban J connectivity index is 3.97. The predicted octanol–water partition coefficient (Wildman–Crippen LogP) is 0.796. The third kappa shape index (κ3) is 2.86. The van der Waals surface area contributed by atoms with E-state index in [2.05, 4.69) is 5.92 Å². The molecule has 0 spiro atoms. The maximum atomic E-state index is 8.77. The van der Waals surface area contributed by atoms with Crippen LogP contribution in [0.1, 0.15) is 20.8 Å². The first-order valence-corrected chi connectivity index (χ1v) is 3.30. The van der Waals surface area contributed by atoms with Crippen LogP contribution in [-0.2, 0) is 4.74 Å².